The normalized spacial score (nSPS) is 12.0. The molecule has 0 radical (unpaired) electrons. The first kappa shape index (κ1) is 107. The number of amides is 7. The third kappa shape index (κ3) is 33.4. The molecule has 7 amide bonds. The fourth-order valence-electron chi connectivity index (χ4n) is 9.91. The van der Waals surface area contributed by atoms with Gasteiger partial charge in [-0.1, -0.05) is 73.2 Å². The van der Waals surface area contributed by atoms with Crippen molar-refractivity contribution in [2.24, 2.45) is 0 Å². The van der Waals surface area contributed by atoms with Gasteiger partial charge in [0.25, 0.3) is 0 Å². The van der Waals surface area contributed by atoms with Crippen molar-refractivity contribution >= 4 is 141 Å². The van der Waals surface area contributed by atoms with Crippen molar-refractivity contribution in [2.75, 3.05) is 27.5 Å². The second-order valence-electron chi connectivity index (χ2n) is 36.9. The first-order valence-corrected chi connectivity index (χ1v) is 48.6. The second kappa shape index (κ2) is 42.4. The van der Waals surface area contributed by atoms with Gasteiger partial charge < -0.3 is 48.3 Å². The Morgan fingerprint density at radius 2 is 0.827 bits per heavy atom. The molecule has 0 aliphatic rings. The van der Waals surface area contributed by atoms with Gasteiger partial charge in [0.2, 0.25) is 0 Å². The molecule has 0 saturated heterocycles. The maximum Gasteiger partial charge on any atom is 0.425 e. The van der Waals surface area contributed by atoms with Gasteiger partial charge >= 0.3 is 42.7 Å². The molecule has 686 valence electrons. The number of benzene rings is 3. The van der Waals surface area contributed by atoms with E-state index in [9.17, 15) is 50.4 Å². The molecule has 0 saturated carbocycles. The van der Waals surface area contributed by atoms with E-state index >= 15 is 0 Å². The molecule has 39 heteroatoms. The number of ether oxygens (including phenoxy) is 7. The molecule has 3 aromatic carbocycles. The standard InChI is InChI=1S/C40H51N5O9S.C25H31N3O6S.C19H28BrN3O4Si.C4H3Br2N3/c1-24(2)55(49,50)28-17-15-27(16-18-28)31-22-41-34(45(36(47)52-39(7,8)9)37(48)53-40(10,11)12)33(42-31)32-21-30(43-54-32)29-19-14-26(20-25(29)3)23-44(13)35(46)51-38(4,5)6;1-10-19-21(28(22(29)33-24(4,5)6)23(30)34-25(7,8)9)26-15-20(27-19)17-11-13-18(14-12-17)35(31,32)16(2)3;1-18(2,3)26-16(24)23(17(25)27-19(4,5)6)15-13(10-11-28(7,8)9)22-14(20)12-21-15;5-2-1-8-4(7)3(6)9-2/h14-22,24H,23H2,1-13H3;1,11-16H,2-9H3;12H,1-9H3;1H,(H2,7,8). The highest BCUT2D eigenvalue weighted by molar-refractivity contribution is 9.11. The van der Waals surface area contributed by atoms with E-state index in [4.69, 9.17) is 54.8 Å². The Morgan fingerprint density at radius 1 is 0.472 bits per heavy atom. The second-order valence-corrected chi connectivity index (χ2v) is 49.1. The van der Waals surface area contributed by atoms with Gasteiger partial charge in [-0.25, -0.2) is 90.3 Å². The summed E-state index contributed by atoms with van der Waals surface area (Å²) in [5.41, 5.74) is 6.99. The number of halogens is 3. The zero-order chi connectivity index (χ0) is 96.8. The number of carbonyl (C=O) groups excluding carboxylic acids is 7. The van der Waals surface area contributed by atoms with Gasteiger partial charge in [-0.05, 0) is 269 Å². The highest BCUT2D eigenvalue weighted by Gasteiger charge is 2.41. The Kier molecular flexibility index (Phi) is 35.6. The zero-order valence-electron chi connectivity index (χ0n) is 77.3. The van der Waals surface area contributed by atoms with E-state index < -0.39 is 120 Å². The van der Waals surface area contributed by atoms with Crippen LogP contribution in [0.5, 0.6) is 0 Å². The maximum atomic E-state index is 13.7. The summed E-state index contributed by atoms with van der Waals surface area (Å²) in [6.45, 7) is 50.3. The summed E-state index contributed by atoms with van der Waals surface area (Å²) in [5, 5.41) is 3.13. The third-order valence-corrected chi connectivity index (χ3v) is 21.9. The van der Waals surface area contributed by atoms with E-state index in [1.807, 2.05) is 25.1 Å². The Balaban J connectivity index is 0.000000340. The molecule has 0 atom stereocenters. The lowest BCUT2D eigenvalue weighted by atomic mass is 10.0. The number of hydrogen-bond acceptors (Lipinski definition) is 29. The zero-order valence-corrected chi connectivity index (χ0v) is 84.7. The first-order valence-electron chi connectivity index (χ1n) is 39.6. The summed E-state index contributed by atoms with van der Waals surface area (Å²) in [5.74, 6) is 5.27. The molecule has 0 aliphatic carbocycles. The van der Waals surface area contributed by atoms with Crippen LogP contribution in [-0.4, -0.2) is 174 Å². The van der Waals surface area contributed by atoms with Crippen LogP contribution in [0.2, 0.25) is 19.6 Å². The number of rotatable bonds is 13. The molecule has 8 aromatic rings. The van der Waals surface area contributed by atoms with Crippen LogP contribution < -0.4 is 20.4 Å². The van der Waals surface area contributed by atoms with Crippen LogP contribution >= 0.6 is 47.8 Å². The van der Waals surface area contributed by atoms with Gasteiger partial charge in [0, 0.05) is 36.3 Å². The van der Waals surface area contributed by atoms with E-state index in [2.05, 4.69) is 125 Å². The van der Waals surface area contributed by atoms with Crippen molar-refractivity contribution < 1.29 is 88.1 Å². The van der Waals surface area contributed by atoms with Crippen molar-refractivity contribution in [1.82, 2.24) is 49.9 Å². The van der Waals surface area contributed by atoms with Gasteiger partial charge in [0.05, 0.1) is 56.5 Å². The topological polar surface area (TPSA) is 421 Å². The number of hydrogen-bond donors (Lipinski definition) is 1. The quantitative estimate of drug-likeness (QED) is 0.0636. The summed E-state index contributed by atoms with van der Waals surface area (Å²) in [6, 6.07) is 19.5. The molecule has 8 rings (SSSR count). The molecule has 0 aliphatic heterocycles. The number of nitrogens with zero attached hydrogens (tertiary/aromatic N) is 13. The Morgan fingerprint density at radius 3 is 1.19 bits per heavy atom. The van der Waals surface area contributed by atoms with Crippen LogP contribution in [0.4, 0.5) is 56.8 Å². The van der Waals surface area contributed by atoms with Crippen molar-refractivity contribution in [2.45, 2.75) is 266 Å². The molecule has 0 bridgehead atoms. The van der Waals surface area contributed by atoms with E-state index in [1.54, 1.807) is 217 Å². The highest BCUT2D eigenvalue weighted by atomic mass is 79.9. The number of aryl methyl sites for hydroxylation is 1. The van der Waals surface area contributed by atoms with Gasteiger partial charge in [0.15, 0.2) is 65.8 Å². The molecule has 5 aromatic heterocycles. The predicted molar refractivity (Wildman–Crippen MR) is 498 cm³/mol. The lowest BCUT2D eigenvalue weighted by molar-refractivity contribution is 0.0281. The smallest absolute Gasteiger partial charge is 0.425 e. The maximum absolute atomic E-state index is 13.7. The minimum atomic E-state index is -3.53. The van der Waals surface area contributed by atoms with Gasteiger partial charge in [0.1, 0.15) is 66.8 Å². The number of sulfone groups is 2. The fourth-order valence-corrected chi connectivity index (χ4v) is 13.6. The number of aromatic nitrogens is 9. The van der Waals surface area contributed by atoms with Crippen molar-refractivity contribution in [3.8, 4) is 69.0 Å². The van der Waals surface area contributed by atoms with Gasteiger partial charge in [-0.2, -0.15) is 14.7 Å². The molecule has 0 fully saturated rings. The molecule has 0 unspecified atom stereocenters. The number of nitrogens with two attached hydrogens (primary N) is 1. The van der Waals surface area contributed by atoms with Crippen molar-refractivity contribution in [3.05, 3.63) is 134 Å². The Labute approximate surface area is 770 Å². The number of carbonyl (C=O) groups is 7. The predicted octanol–water partition coefficient (Wildman–Crippen LogP) is 20.7. The third-order valence-electron chi connectivity index (χ3n) is 15.4. The highest BCUT2D eigenvalue weighted by Crippen LogP contribution is 2.37. The summed E-state index contributed by atoms with van der Waals surface area (Å²) >= 11 is 9.51. The first-order chi connectivity index (χ1) is 57.9. The summed E-state index contributed by atoms with van der Waals surface area (Å²) in [7, 11) is -7.05. The van der Waals surface area contributed by atoms with E-state index in [-0.39, 0.29) is 55.8 Å². The average Bonchev–Trinajstić information content (AvgIpc) is 1.76. The van der Waals surface area contributed by atoms with E-state index in [0.717, 1.165) is 16.0 Å². The number of imide groups is 3. The van der Waals surface area contributed by atoms with Gasteiger partial charge in [-0.15, -0.1) is 12.0 Å². The van der Waals surface area contributed by atoms with Crippen LogP contribution in [0.1, 0.15) is 196 Å². The Bertz CT molecular complexity index is 5600. The molecular weight excluding hydrogens is 1890 g/mol. The lowest BCUT2D eigenvalue weighted by Gasteiger charge is -2.28. The van der Waals surface area contributed by atoms with Crippen LogP contribution in [0.3, 0.4) is 0 Å². The van der Waals surface area contributed by atoms with Crippen molar-refractivity contribution in [1.29, 1.82) is 0 Å². The molecule has 33 nitrogen and oxygen atoms in total. The number of nitrogen functional groups attached to an aromatic ring is 1. The molecular formula is C88H113Br3N14O19S2Si. The summed E-state index contributed by atoms with van der Waals surface area (Å²) < 4.78 is 96.0. The van der Waals surface area contributed by atoms with Crippen LogP contribution in [-0.2, 0) is 59.4 Å². The Hall–Kier alpha value is -10.8. The largest absolute Gasteiger partial charge is 0.444 e. The van der Waals surface area contributed by atoms with Crippen LogP contribution in [0.25, 0.3) is 45.2 Å². The number of terminal acetylenes is 1. The molecule has 2 N–H and O–H groups in total. The van der Waals surface area contributed by atoms with Crippen LogP contribution in [0.15, 0.2) is 126 Å². The van der Waals surface area contributed by atoms with E-state index in [0.29, 0.717) is 64.1 Å². The van der Waals surface area contributed by atoms with E-state index in [1.165, 1.54) is 47.8 Å². The minimum Gasteiger partial charge on any atom is -0.444 e. The minimum absolute atomic E-state index is 0.0301. The van der Waals surface area contributed by atoms with Crippen LogP contribution in [0, 0.1) is 30.7 Å². The SMILES string of the molecule is C#Cc1nc(-c2ccc(S(=O)(=O)C(C)C)cc2)cnc1N(C(=O)OC(C)(C)C)C(=O)OC(C)(C)C.CC(C)(C)OC(=O)N(C(=O)OC(C)(C)C)c1ncc(Br)nc1C#C[Si](C)(C)C.Cc1cc(CN(C)C(=O)OC(C)(C)C)ccc1-c1cc(-c2nc(-c3ccc(S(=O)(=O)C(C)C)cc3)cnc2N(C(=O)OC(C)(C)C)C(=O)OC(C)(C)C)on1.Nc1ncc(Br)nc1Br. The summed E-state index contributed by atoms with van der Waals surface area (Å²) in [4.78, 5) is 129. The molecule has 127 heavy (non-hydrogen) atoms. The summed E-state index contributed by atoms with van der Waals surface area (Å²) in [6.07, 6.45) is 4.82. The lowest BCUT2D eigenvalue weighted by Crippen LogP contribution is -2.44. The molecule has 0 spiro atoms. The average molecular weight is 2000 g/mol. The monoisotopic (exact) mass is 2000 g/mol. The molecule has 5 heterocycles. The van der Waals surface area contributed by atoms with Crippen molar-refractivity contribution in [3.63, 3.8) is 0 Å². The van der Waals surface area contributed by atoms with Gasteiger partial charge in [-0.3, -0.25) is 0 Å². The fraction of sp³-hybridized carbons (Fsp3) is 0.455. The number of anilines is 4.